The van der Waals surface area contributed by atoms with Crippen LogP contribution >= 0.6 is 23.2 Å². The zero-order valence-corrected chi connectivity index (χ0v) is 14.5. The van der Waals surface area contributed by atoms with Gasteiger partial charge < -0.3 is 5.11 Å². The number of carbonyl (C=O) groups is 1. The van der Waals surface area contributed by atoms with Crippen LogP contribution < -0.4 is 0 Å². The number of aromatic nitrogens is 1. The van der Waals surface area contributed by atoms with Crippen molar-refractivity contribution >= 4 is 29.2 Å². The summed E-state index contributed by atoms with van der Waals surface area (Å²) in [5.74, 6) is -0.974. The van der Waals surface area contributed by atoms with E-state index in [4.69, 9.17) is 23.2 Å². The standard InChI is InChI=1S/C18H18Cl2N2O2/c19-14-5-4-13(11-15(14)20)17(16-3-1-2-8-21-16)22-9-6-12(7-10-22)18(23)24/h1-5,8,11-12,17H,6-7,9-10H2,(H,23,24). The van der Waals surface area contributed by atoms with Crippen molar-refractivity contribution in [3.05, 3.63) is 63.9 Å². The molecule has 1 aliphatic heterocycles. The fraction of sp³-hybridized carbons (Fsp3) is 0.333. The Balaban J connectivity index is 1.91. The predicted octanol–water partition coefficient (Wildman–Crippen LogP) is 4.27. The van der Waals surface area contributed by atoms with Gasteiger partial charge in [-0.2, -0.15) is 0 Å². The smallest absolute Gasteiger partial charge is 0.306 e. The highest BCUT2D eigenvalue weighted by molar-refractivity contribution is 6.42. The molecule has 2 heterocycles. The Hall–Kier alpha value is -1.62. The molecule has 6 heteroatoms. The second-order valence-corrected chi connectivity index (χ2v) is 6.79. The number of carboxylic acid groups (broad SMARTS) is 1. The second-order valence-electron chi connectivity index (χ2n) is 5.98. The zero-order chi connectivity index (χ0) is 17.1. The minimum atomic E-state index is -0.710. The molecule has 1 unspecified atom stereocenters. The molecule has 1 N–H and O–H groups in total. The first-order valence-corrected chi connectivity index (χ1v) is 8.64. The Morgan fingerprint density at radius 1 is 1.17 bits per heavy atom. The maximum atomic E-state index is 11.2. The van der Waals surface area contributed by atoms with Gasteiger partial charge in [0.15, 0.2) is 0 Å². The van der Waals surface area contributed by atoms with Crippen LogP contribution in [0.5, 0.6) is 0 Å². The van der Waals surface area contributed by atoms with Crippen molar-refractivity contribution in [1.29, 1.82) is 0 Å². The minimum Gasteiger partial charge on any atom is -0.481 e. The molecule has 1 aromatic carbocycles. The van der Waals surface area contributed by atoms with Crippen LogP contribution in [0.3, 0.4) is 0 Å². The van der Waals surface area contributed by atoms with Crippen molar-refractivity contribution < 1.29 is 9.90 Å². The maximum absolute atomic E-state index is 11.2. The van der Waals surface area contributed by atoms with Crippen molar-refractivity contribution in [1.82, 2.24) is 9.88 Å². The molecule has 1 atom stereocenters. The lowest BCUT2D eigenvalue weighted by Crippen LogP contribution is -2.39. The number of hydrogen-bond acceptors (Lipinski definition) is 3. The van der Waals surface area contributed by atoms with Gasteiger partial charge in [0, 0.05) is 6.20 Å². The lowest BCUT2D eigenvalue weighted by Gasteiger charge is -2.36. The Labute approximate surface area is 151 Å². The number of aliphatic carboxylic acids is 1. The SMILES string of the molecule is O=C(O)C1CCN(C(c2ccc(Cl)c(Cl)c2)c2ccccn2)CC1. The molecule has 2 aromatic rings. The van der Waals surface area contributed by atoms with E-state index in [1.165, 1.54) is 0 Å². The number of hydrogen-bond donors (Lipinski definition) is 1. The van der Waals surface area contributed by atoms with Crippen molar-refractivity contribution in [2.24, 2.45) is 5.92 Å². The highest BCUT2D eigenvalue weighted by Gasteiger charge is 2.30. The number of rotatable bonds is 4. The number of carboxylic acids is 1. The van der Waals surface area contributed by atoms with Gasteiger partial charge in [-0.25, -0.2) is 0 Å². The summed E-state index contributed by atoms with van der Waals surface area (Å²) >= 11 is 12.2. The second kappa shape index (κ2) is 7.51. The molecule has 4 nitrogen and oxygen atoms in total. The third kappa shape index (κ3) is 3.72. The molecular weight excluding hydrogens is 347 g/mol. The summed E-state index contributed by atoms with van der Waals surface area (Å²) < 4.78 is 0. The monoisotopic (exact) mass is 364 g/mol. The van der Waals surface area contributed by atoms with Gasteiger partial charge >= 0.3 is 5.97 Å². The molecule has 0 spiro atoms. The van der Waals surface area contributed by atoms with Crippen molar-refractivity contribution in [3.63, 3.8) is 0 Å². The van der Waals surface area contributed by atoms with Crippen molar-refractivity contribution in [2.45, 2.75) is 18.9 Å². The van der Waals surface area contributed by atoms with Crippen LogP contribution in [-0.4, -0.2) is 34.0 Å². The molecule has 0 saturated carbocycles. The van der Waals surface area contributed by atoms with Crippen molar-refractivity contribution in [2.75, 3.05) is 13.1 Å². The average Bonchev–Trinajstić information content (AvgIpc) is 2.60. The van der Waals surface area contributed by atoms with E-state index >= 15 is 0 Å². The highest BCUT2D eigenvalue weighted by atomic mass is 35.5. The number of benzene rings is 1. The number of halogens is 2. The maximum Gasteiger partial charge on any atom is 0.306 e. The summed E-state index contributed by atoms with van der Waals surface area (Å²) in [5.41, 5.74) is 1.93. The van der Waals surface area contributed by atoms with E-state index in [1.807, 2.05) is 30.3 Å². The summed E-state index contributed by atoms with van der Waals surface area (Å²) in [4.78, 5) is 18.0. The normalized spacial score (nSPS) is 17.6. The molecular formula is C18H18Cl2N2O2. The summed E-state index contributed by atoms with van der Waals surface area (Å²) in [7, 11) is 0. The van der Waals surface area contributed by atoms with Crippen LogP contribution in [0.1, 0.15) is 30.1 Å². The van der Waals surface area contributed by atoms with Crippen LogP contribution in [0, 0.1) is 5.92 Å². The largest absolute Gasteiger partial charge is 0.481 e. The van der Waals surface area contributed by atoms with Gasteiger partial charge in [-0.1, -0.05) is 35.3 Å². The van der Waals surface area contributed by atoms with Gasteiger partial charge in [0.2, 0.25) is 0 Å². The van der Waals surface area contributed by atoms with Crippen LogP contribution in [0.15, 0.2) is 42.6 Å². The molecule has 1 fully saturated rings. The molecule has 0 aliphatic carbocycles. The molecule has 126 valence electrons. The fourth-order valence-corrected chi connectivity index (χ4v) is 3.50. The van der Waals surface area contributed by atoms with Crippen LogP contribution in [0.25, 0.3) is 0 Å². The quantitative estimate of drug-likeness (QED) is 0.879. The number of nitrogens with zero attached hydrogens (tertiary/aromatic N) is 2. The van der Waals surface area contributed by atoms with E-state index in [0.29, 0.717) is 36.0 Å². The van der Waals surface area contributed by atoms with Gasteiger partial charge in [-0.05, 0) is 55.8 Å². The topological polar surface area (TPSA) is 53.4 Å². The van der Waals surface area contributed by atoms with Gasteiger partial charge in [0.05, 0.1) is 27.7 Å². The van der Waals surface area contributed by atoms with E-state index in [2.05, 4.69) is 9.88 Å². The molecule has 3 rings (SSSR count). The van der Waals surface area contributed by atoms with E-state index in [0.717, 1.165) is 11.3 Å². The Morgan fingerprint density at radius 2 is 1.92 bits per heavy atom. The molecule has 0 radical (unpaired) electrons. The Kier molecular flexibility index (Phi) is 5.39. The summed E-state index contributed by atoms with van der Waals surface area (Å²) in [6.07, 6.45) is 3.05. The first-order valence-electron chi connectivity index (χ1n) is 7.89. The molecule has 1 aliphatic rings. The third-order valence-corrected chi connectivity index (χ3v) is 5.21. The average molecular weight is 365 g/mol. The lowest BCUT2D eigenvalue weighted by molar-refractivity contribution is -0.143. The molecule has 1 aromatic heterocycles. The number of piperidine rings is 1. The lowest BCUT2D eigenvalue weighted by atomic mass is 9.93. The molecule has 24 heavy (non-hydrogen) atoms. The third-order valence-electron chi connectivity index (χ3n) is 4.47. The first-order chi connectivity index (χ1) is 11.6. The Bertz CT molecular complexity index is 716. The summed E-state index contributed by atoms with van der Waals surface area (Å²) in [5, 5.41) is 10.2. The van der Waals surface area contributed by atoms with Crippen molar-refractivity contribution in [3.8, 4) is 0 Å². The van der Waals surface area contributed by atoms with Gasteiger partial charge in [0.25, 0.3) is 0 Å². The van der Waals surface area contributed by atoms with Gasteiger partial charge in [-0.3, -0.25) is 14.7 Å². The summed E-state index contributed by atoms with van der Waals surface area (Å²) in [6, 6.07) is 11.4. The number of pyridine rings is 1. The molecule has 0 bridgehead atoms. The summed E-state index contributed by atoms with van der Waals surface area (Å²) in [6.45, 7) is 1.41. The van der Waals surface area contributed by atoms with Crippen LogP contribution in [0.2, 0.25) is 10.0 Å². The first kappa shape index (κ1) is 17.2. The van der Waals surface area contributed by atoms with Gasteiger partial charge in [-0.15, -0.1) is 0 Å². The van der Waals surface area contributed by atoms with Gasteiger partial charge in [0.1, 0.15) is 0 Å². The van der Waals surface area contributed by atoms with E-state index in [1.54, 1.807) is 12.3 Å². The predicted molar refractivity (Wildman–Crippen MR) is 94.5 cm³/mol. The van der Waals surface area contributed by atoms with E-state index < -0.39 is 5.97 Å². The zero-order valence-electron chi connectivity index (χ0n) is 13.0. The Morgan fingerprint density at radius 3 is 2.50 bits per heavy atom. The molecule has 1 saturated heterocycles. The van der Waals surface area contributed by atoms with Crippen LogP contribution in [0.4, 0.5) is 0 Å². The minimum absolute atomic E-state index is 0.0595. The van der Waals surface area contributed by atoms with E-state index in [-0.39, 0.29) is 12.0 Å². The highest BCUT2D eigenvalue weighted by Crippen LogP contribution is 2.34. The fourth-order valence-electron chi connectivity index (χ4n) is 3.19. The number of likely N-dealkylation sites (tertiary alicyclic amines) is 1. The van der Waals surface area contributed by atoms with Crippen LogP contribution in [-0.2, 0) is 4.79 Å². The molecule has 0 amide bonds. The van der Waals surface area contributed by atoms with E-state index in [9.17, 15) is 9.90 Å².